The van der Waals surface area contributed by atoms with Crippen molar-refractivity contribution in [3.05, 3.63) is 142 Å². The van der Waals surface area contributed by atoms with Crippen molar-refractivity contribution in [1.29, 1.82) is 0 Å². The van der Waals surface area contributed by atoms with Crippen LogP contribution in [0.15, 0.2) is 116 Å². The fraction of sp³-hybridized carbons (Fsp3) is 0.479. The smallest absolute Gasteiger partial charge is 0.762 e. The van der Waals surface area contributed by atoms with E-state index in [2.05, 4.69) is 254 Å². The van der Waals surface area contributed by atoms with E-state index in [1.807, 2.05) is 13.0 Å². The lowest BCUT2D eigenvalue weighted by Crippen LogP contribution is -3.00. The summed E-state index contributed by atoms with van der Waals surface area (Å²) in [7, 11) is 1.66. The van der Waals surface area contributed by atoms with Crippen LogP contribution in [0.3, 0.4) is 0 Å². The lowest BCUT2D eigenvalue weighted by Gasteiger charge is -2.25. The largest absolute Gasteiger partial charge is 1.00 e. The molecule has 0 amide bonds. The molecule has 4 heterocycles. The Hall–Kier alpha value is -7.74. The summed E-state index contributed by atoms with van der Waals surface area (Å²) in [4.78, 5) is 11.5. The number of anilines is 3. The number of benzene rings is 4. The van der Waals surface area contributed by atoms with Gasteiger partial charge in [-0.1, -0.05) is 7.43 Å². The molecule has 0 spiro atoms. The van der Waals surface area contributed by atoms with Crippen LogP contribution >= 0.6 is 0 Å². The first-order valence-electron chi connectivity index (χ1n) is 32.6. The fourth-order valence-electron chi connectivity index (χ4n) is 10.7. The summed E-state index contributed by atoms with van der Waals surface area (Å²) in [6.45, 7) is 38.3. The Labute approximate surface area is 580 Å². The summed E-state index contributed by atoms with van der Waals surface area (Å²) in [6.07, 6.45) is 6.47. The number of halogens is 12. The van der Waals surface area contributed by atoms with Gasteiger partial charge >= 0.3 is 33.7 Å². The summed E-state index contributed by atoms with van der Waals surface area (Å²) >= 11 is 0. The minimum Gasteiger partial charge on any atom is -1.00 e. The number of fused-ring (bicyclic) bond motifs is 4. The van der Waals surface area contributed by atoms with Crippen molar-refractivity contribution in [3.63, 3.8) is 0 Å². The lowest BCUT2D eigenvalue weighted by molar-refractivity contribution is -0.00100. The third kappa shape index (κ3) is 30.7. The SMILES string of the molecule is C.CCN(CC)c1ccc2c(C)cc(=[N+](C)CCCN(C)C)oc2c1.CCN(CC)c1ccc2c(c1)O/C(=C\c1cc(=[N+](C)CCCN(C)C)oc3cc(N(CC)CC)ccc13)C=C2C.CCOc1cc(C)c2ccc(=[N+](CC)CC)cc-2o1.FB(F)F.FB(F)F.FB(F)F.[F-].[F-].[F-]. The van der Waals surface area contributed by atoms with E-state index >= 15 is 0 Å². The molecule has 5 aromatic rings. The Bertz CT molecular complexity index is 3700. The fourth-order valence-corrected chi connectivity index (χ4v) is 10.7. The zero-order valence-electron chi connectivity index (χ0n) is 60.3. The predicted octanol–water partition coefficient (Wildman–Crippen LogP) is 6.45. The van der Waals surface area contributed by atoms with Gasteiger partial charge in [-0.05, 0) is 188 Å². The van der Waals surface area contributed by atoms with Gasteiger partial charge in [0.1, 0.15) is 68.7 Å². The van der Waals surface area contributed by atoms with Gasteiger partial charge in [0, 0.05) is 134 Å². The Morgan fingerprint density at radius 2 is 0.919 bits per heavy atom. The minimum absolute atomic E-state index is 0. The summed E-state index contributed by atoms with van der Waals surface area (Å²) < 4.78 is 124. The van der Waals surface area contributed by atoms with Gasteiger partial charge in [-0.25, -0.2) is 13.7 Å². The molecule has 0 fully saturated rings. The Balaban J connectivity index is 0. The molecule has 2 aliphatic heterocycles. The number of ether oxygens (including phenoxy) is 2. The van der Waals surface area contributed by atoms with Gasteiger partial charge in [0.15, 0.2) is 0 Å². The van der Waals surface area contributed by atoms with Gasteiger partial charge < -0.3 is 61.3 Å². The summed E-state index contributed by atoms with van der Waals surface area (Å²) in [5, 5.41) is 3.46. The highest BCUT2D eigenvalue weighted by molar-refractivity contribution is 6.33. The highest BCUT2D eigenvalue weighted by Crippen LogP contribution is 2.37. The number of hydrogen-bond acceptors (Lipinski definition) is 10. The van der Waals surface area contributed by atoms with Crippen molar-refractivity contribution in [3.8, 4) is 23.0 Å². The molecule has 8 rings (SSSR count). The van der Waals surface area contributed by atoms with E-state index in [4.69, 9.17) is 22.7 Å². The van der Waals surface area contributed by atoms with Crippen molar-refractivity contribution in [2.24, 2.45) is 0 Å². The molecule has 13 nitrogen and oxygen atoms in total. The van der Waals surface area contributed by atoms with E-state index < -0.39 is 22.6 Å². The van der Waals surface area contributed by atoms with Crippen LogP contribution in [0.1, 0.15) is 112 Å². The number of aryl methyl sites for hydroxylation is 2. The molecule has 2 aromatic heterocycles. The Morgan fingerprint density at radius 1 is 0.495 bits per heavy atom. The molecule has 3 aliphatic rings. The van der Waals surface area contributed by atoms with E-state index in [9.17, 15) is 38.8 Å². The highest BCUT2D eigenvalue weighted by atomic mass is 19.4. The summed E-state index contributed by atoms with van der Waals surface area (Å²) in [6, 6.07) is 32.3. The zero-order valence-corrected chi connectivity index (χ0v) is 60.3. The maximum Gasteiger partial charge on any atom is 0.762 e. The molecule has 0 atom stereocenters. The van der Waals surface area contributed by atoms with E-state index in [-0.39, 0.29) is 21.5 Å². The first-order chi connectivity index (χ1) is 45.1. The first kappa shape index (κ1) is 93.3. The van der Waals surface area contributed by atoms with E-state index in [0.29, 0.717) is 12.6 Å². The number of allylic oxidation sites excluding steroid dienone is 2. The van der Waals surface area contributed by atoms with Crippen LogP contribution in [-0.4, -0.2) is 160 Å². The predicted molar refractivity (Wildman–Crippen MR) is 387 cm³/mol. The average Bonchev–Trinajstić information content (AvgIpc) is 0.769. The minimum atomic E-state index is -3.67. The van der Waals surface area contributed by atoms with Crippen LogP contribution in [0, 0.1) is 13.8 Å². The maximum atomic E-state index is 9.67. The van der Waals surface area contributed by atoms with Gasteiger partial charge in [0.25, 0.3) is 5.95 Å². The standard InChI is InChI=1S/C34H47N4O2.C20H32N3O.C16H22NO2.CH4.3BF3.3FH/c1-9-37(10-2)27-14-16-30-25(5)20-29(39-32(30)23-27)21-26-22-34(36(8)19-13-18-35(6)7)40-33-24-28(15-17-31(26)33)38(11-3)12-4;1-7-23(8-2)17-10-11-18-16(3)14-20(24-19(18)15-17)22(6)13-9-12-21(4)5;1-5-17(6-2)13-8-9-14-12(4)10-16(18-7-3)19-15(14)11-13;;3*2-1(3)4;;;/h14-17,20-24H,9-13,18-19H2,1-8H3;10-11,14-15H,7-9,12-13H2,1-6H3;8-11H,5-7H2,1-4H3;1H4;;;;3*1H/q3*+1;;;;;;;/p-3. The van der Waals surface area contributed by atoms with Gasteiger partial charge in [0.2, 0.25) is 5.36 Å². The summed E-state index contributed by atoms with van der Waals surface area (Å²) in [5.74, 6) is 3.21. The van der Waals surface area contributed by atoms with Crippen LogP contribution in [0.5, 0.6) is 11.7 Å². The van der Waals surface area contributed by atoms with Crippen molar-refractivity contribution < 1.29 is 75.7 Å². The molecular weight excluding hydrogens is 1310 g/mol. The van der Waals surface area contributed by atoms with Crippen molar-refractivity contribution in [2.75, 3.05) is 142 Å². The van der Waals surface area contributed by atoms with Gasteiger partial charge in [-0.3, -0.25) is 38.8 Å². The van der Waals surface area contributed by atoms with E-state index in [1.54, 1.807) is 0 Å². The van der Waals surface area contributed by atoms with Crippen LogP contribution in [0.25, 0.3) is 44.9 Å². The summed E-state index contributed by atoms with van der Waals surface area (Å²) in [5.41, 5.74) is 14.2. The highest BCUT2D eigenvalue weighted by Gasteiger charge is 2.20. The second-order valence-corrected chi connectivity index (χ2v) is 22.8. The first-order valence-corrected chi connectivity index (χ1v) is 32.6. The van der Waals surface area contributed by atoms with Crippen molar-refractivity contribution in [1.82, 2.24) is 23.5 Å². The molecule has 0 saturated heterocycles. The van der Waals surface area contributed by atoms with E-state index in [1.165, 1.54) is 44.5 Å². The molecule has 0 bridgehead atoms. The van der Waals surface area contributed by atoms with Crippen molar-refractivity contribution in [2.45, 2.75) is 103 Å². The van der Waals surface area contributed by atoms with E-state index in [0.717, 1.165) is 153 Å². The second-order valence-electron chi connectivity index (χ2n) is 22.8. The van der Waals surface area contributed by atoms with Gasteiger partial charge in [0.05, 0.1) is 24.8 Å². The molecule has 552 valence electrons. The molecule has 99 heavy (non-hydrogen) atoms. The maximum absolute atomic E-state index is 9.67. The molecule has 0 unspecified atom stereocenters. The third-order valence-corrected chi connectivity index (χ3v) is 15.7. The lowest BCUT2D eigenvalue weighted by atomic mass is 10.0. The topological polar surface area (TPSA) is 83.1 Å². The number of rotatable bonds is 22. The third-order valence-electron chi connectivity index (χ3n) is 15.7. The second kappa shape index (κ2) is 48.1. The normalized spacial score (nSPS) is 11.9. The molecule has 0 N–H and O–H groups in total. The molecule has 3 aromatic carbocycles. The molecular formula is C71H105B3F12N8O5. The Kier molecular flexibility index (Phi) is 45.4. The Morgan fingerprint density at radius 3 is 1.36 bits per heavy atom. The number of nitrogens with zero attached hydrogens (tertiary/aromatic N) is 8. The van der Waals surface area contributed by atoms with Crippen LogP contribution in [0.4, 0.5) is 55.9 Å². The average molecular weight is 1410 g/mol. The number of hydrogen-bond donors (Lipinski definition) is 0. The van der Waals surface area contributed by atoms with Crippen LogP contribution < -0.4 is 68.5 Å². The van der Waals surface area contributed by atoms with Gasteiger partial charge in [-0.2, -0.15) is 0 Å². The van der Waals surface area contributed by atoms with Crippen LogP contribution in [0.2, 0.25) is 0 Å². The van der Waals surface area contributed by atoms with Crippen LogP contribution in [-0.2, 0) is 0 Å². The van der Waals surface area contributed by atoms with Gasteiger partial charge in [-0.15, -0.1) is 0 Å². The quantitative estimate of drug-likeness (QED) is 0.0430. The molecule has 0 radical (unpaired) electrons. The van der Waals surface area contributed by atoms with Crippen molar-refractivity contribution >= 4 is 73.3 Å². The molecule has 28 heteroatoms. The zero-order chi connectivity index (χ0) is 71.1. The molecule has 0 saturated carbocycles. The molecule has 1 aliphatic carbocycles. The monoisotopic (exact) mass is 1410 g/mol.